The van der Waals surface area contributed by atoms with Crippen LogP contribution in [0.2, 0.25) is 0 Å². The molecule has 0 saturated heterocycles. The van der Waals surface area contributed by atoms with E-state index >= 15 is 0 Å². The molecule has 0 unspecified atom stereocenters. The number of rotatable bonds is 5. The van der Waals surface area contributed by atoms with Gasteiger partial charge in [0.05, 0.1) is 0 Å². The third kappa shape index (κ3) is 5.12. The van der Waals surface area contributed by atoms with Gasteiger partial charge in [-0.1, -0.05) is 158 Å². The summed E-state index contributed by atoms with van der Waals surface area (Å²) in [5, 5.41) is 18.0. The Morgan fingerprint density at radius 3 is 1.52 bits per heavy atom. The molecule has 0 aliphatic rings. The van der Waals surface area contributed by atoms with Gasteiger partial charge in [0, 0.05) is 5.56 Å². The molecule has 0 bridgehead atoms. The van der Waals surface area contributed by atoms with Gasteiger partial charge in [-0.05, 0) is 119 Å². The number of aromatic hydroxyl groups is 1. The molecular formula is C49H34O. The molecule has 50 heavy (non-hydrogen) atoms. The first-order valence-corrected chi connectivity index (χ1v) is 17.2. The standard InChI is InChI=1S/C49H34O/c1-32-21-22-39(31-46(32)41-15-8-9-20-47(41)50)34-23-26-35(27-24-34)48-42-16-4-6-18-44(42)49(45-19-7-5-17-43(45)48)40-14-10-13-37(30-40)38-28-25-33-11-2-3-12-36(33)29-38/h2-31,50H,1H3. The molecule has 0 heterocycles. The number of hydrogen-bond acceptors (Lipinski definition) is 1. The third-order valence-electron chi connectivity index (χ3n) is 10.1. The summed E-state index contributed by atoms with van der Waals surface area (Å²) in [5.41, 5.74) is 12.6. The molecule has 1 heteroatoms. The highest BCUT2D eigenvalue weighted by Gasteiger charge is 2.17. The Morgan fingerprint density at radius 2 is 0.820 bits per heavy atom. The minimum atomic E-state index is 0.297. The molecule has 9 aromatic rings. The minimum absolute atomic E-state index is 0.297. The van der Waals surface area contributed by atoms with Gasteiger partial charge in [-0.3, -0.25) is 0 Å². The molecule has 236 valence electrons. The molecule has 1 nitrogen and oxygen atoms in total. The second kappa shape index (κ2) is 12.2. The van der Waals surface area contributed by atoms with Gasteiger partial charge in [-0.15, -0.1) is 0 Å². The largest absolute Gasteiger partial charge is 0.507 e. The maximum atomic E-state index is 10.6. The summed E-state index contributed by atoms with van der Waals surface area (Å²) in [6.45, 7) is 2.09. The Labute approximate surface area is 292 Å². The Kier molecular flexibility index (Phi) is 7.25. The van der Waals surface area contributed by atoms with E-state index in [0.29, 0.717) is 5.75 Å². The zero-order chi connectivity index (χ0) is 33.6. The number of aryl methyl sites for hydroxylation is 1. The van der Waals surface area contributed by atoms with Gasteiger partial charge in [0.1, 0.15) is 5.75 Å². The van der Waals surface area contributed by atoms with Gasteiger partial charge >= 0.3 is 0 Å². The second-order valence-electron chi connectivity index (χ2n) is 13.1. The van der Waals surface area contributed by atoms with Crippen LogP contribution in [0.25, 0.3) is 88.0 Å². The highest BCUT2D eigenvalue weighted by molar-refractivity contribution is 6.21. The number of para-hydroxylation sites is 1. The van der Waals surface area contributed by atoms with E-state index in [4.69, 9.17) is 0 Å². The fourth-order valence-electron chi connectivity index (χ4n) is 7.60. The first-order valence-electron chi connectivity index (χ1n) is 17.2. The molecule has 9 aromatic carbocycles. The van der Waals surface area contributed by atoms with Crippen molar-refractivity contribution < 1.29 is 5.11 Å². The van der Waals surface area contributed by atoms with Gasteiger partial charge in [0.25, 0.3) is 0 Å². The lowest BCUT2D eigenvalue weighted by Crippen LogP contribution is -1.91. The highest BCUT2D eigenvalue weighted by atomic mass is 16.3. The lowest BCUT2D eigenvalue weighted by atomic mass is 9.85. The van der Waals surface area contributed by atoms with Gasteiger partial charge in [0.15, 0.2) is 0 Å². The molecule has 0 aliphatic carbocycles. The number of benzene rings is 9. The maximum absolute atomic E-state index is 10.6. The van der Waals surface area contributed by atoms with E-state index in [0.717, 1.165) is 27.8 Å². The lowest BCUT2D eigenvalue weighted by molar-refractivity contribution is 0.477. The van der Waals surface area contributed by atoms with Crippen molar-refractivity contribution in [1.82, 2.24) is 0 Å². The van der Waals surface area contributed by atoms with Gasteiger partial charge < -0.3 is 5.11 Å². The van der Waals surface area contributed by atoms with Crippen molar-refractivity contribution in [3.8, 4) is 61.4 Å². The molecule has 0 saturated carbocycles. The van der Waals surface area contributed by atoms with Crippen LogP contribution < -0.4 is 0 Å². The van der Waals surface area contributed by atoms with Crippen LogP contribution in [0.4, 0.5) is 0 Å². The van der Waals surface area contributed by atoms with Crippen LogP contribution >= 0.6 is 0 Å². The van der Waals surface area contributed by atoms with Gasteiger partial charge in [-0.2, -0.15) is 0 Å². The van der Waals surface area contributed by atoms with Crippen LogP contribution in [0, 0.1) is 6.92 Å². The summed E-state index contributed by atoms with van der Waals surface area (Å²) in [5.74, 6) is 0.297. The van der Waals surface area contributed by atoms with Crippen LogP contribution in [0.1, 0.15) is 5.56 Å². The van der Waals surface area contributed by atoms with Crippen LogP contribution in [0.5, 0.6) is 5.75 Å². The van der Waals surface area contributed by atoms with Crippen LogP contribution in [-0.4, -0.2) is 5.11 Å². The summed E-state index contributed by atoms with van der Waals surface area (Å²) < 4.78 is 0. The summed E-state index contributed by atoms with van der Waals surface area (Å²) in [7, 11) is 0. The predicted molar refractivity (Wildman–Crippen MR) is 213 cm³/mol. The van der Waals surface area contributed by atoms with E-state index in [1.165, 1.54) is 65.7 Å². The third-order valence-corrected chi connectivity index (χ3v) is 10.1. The van der Waals surface area contributed by atoms with Crippen LogP contribution in [-0.2, 0) is 0 Å². The predicted octanol–water partition coefficient (Wildman–Crippen LogP) is 13.5. The zero-order valence-electron chi connectivity index (χ0n) is 27.8. The molecule has 0 aromatic heterocycles. The Hall–Kier alpha value is -6.44. The van der Waals surface area contributed by atoms with Crippen molar-refractivity contribution >= 4 is 32.3 Å². The van der Waals surface area contributed by atoms with Gasteiger partial charge in [-0.25, -0.2) is 0 Å². The fourth-order valence-corrected chi connectivity index (χ4v) is 7.60. The van der Waals surface area contributed by atoms with Crippen molar-refractivity contribution in [3.63, 3.8) is 0 Å². The topological polar surface area (TPSA) is 20.2 Å². The summed E-state index contributed by atoms with van der Waals surface area (Å²) >= 11 is 0. The Bertz CT molecular complexity index is 2660. The molecule has 9 rings (SSSR count). The van der Waals surface area contributed by atoms with Crippen molar-refractivity contribution in [2.45, 2.75) is 6.92 Å². The molecule has 0 aliphatic heterocycles. The molecule has 0 fully saturated rings. The fraction of sp³-hybridized carbons (Fsp3) is 0.0204. The van der Waals surface area contributed by atoms with Crippen molar-refractivity contribution in [2.24, 2.45) is 0 Å². The number of fused-ring (bicyclic) bond motifs is 3. The van der Waals surface area contributed by atoms with E-state index in [1.807, 2.05) is 18.2 Å². The van der Waals surface area contributed by atoms with E-state index < -0.39 is 0 Å². The van der Waals surface area contributed by atoms with Gasteiger partial charge in [0.2, 0.25) is 0 Å². The SMILES string of the molecule is Cc1ccc(-c2ccc(-c3c4ccccc4c(-c4cccc(-c5ccc6ccccc6c5)c4)c4ccccc34)cc2)cc1-c1ccccc1O. The molecular weight excluding hydrogens is 605 g/mol. The summed E-state index contributed by atoms with van der Waals surface area (Å²) in [4.78, 5) is 0. The quantitative estimate of drug-likeness (QED) is 0.186. The van der Waals surface area contributed by atoms with Crippen molar-refractivity contribution in [3.05, 3.63) is 188 Å². The summed E-state index contributed by atoms with van der Waals surface area (Å²) in [6.07, 6.45) is 0. The minimum Gasteiger partial charge on any atom is -0.507 e. The molecule has 1 N–H and O–H groups in total. The Morgan fingerprint density at radius 1 is 0.320 bits per heavy atom. The Balaban J connectivity index is 1.17. The van der Waals surface area contributed by atoms with Crippen LogP contribution in [0.3, 0.4) is 0 Å². The number of phenolic OH excluding ortho intramolecular Hbond substituents is 1. The summed E-state index contributed by atoms with van der Waals surface area (Å²) in [6, 6.07) is 64.9. The second-order valence-corrected chi connectivity index (χ2v) is 13.1. The number of phenols is 1. The van der Waals surface area contributed by atoms with E-state index in [-0.39, 0.29) is 0 Å². The maximum Gasteiger partial charge on any atom is 0.123 e. The van der Waals surface area contributed by atoms with E-state index in [9.17, 15) is 5.11 Å². The monoisotopic (exact) mass is 638 g/mol. The molecule has 0 spiro atoms. The average molecular weight is 639 g/mol. The lowest BCUT2D eigenvalue weighted by Gasteiger charge is -2.18. The average Bonchev–Trinajstić information content (AvgIpc) is 3.17. The highest BCUT2D eigenvalue weighted by Crippen LogP contribution is 2.45. The smallest absolute Gasteiger partial charge is 0.123 e. The molecule has 0 atom stereocenters. The molecule has 0 amide bonds. The van der Waals surface area contributed by atoms with Crippen LogP contribution in [0.15, 0.2) is 182 Å². The number of hydrogen-bond donors (Lipinski definition) is 1. The van der Waals surface area contributed by atoms with E-state index in [2.05, 4.69) is 165 Å². The van der Waals surface area contributed by atoms with Crippen molar-refractivity contribution in [1.29, 1.82) is 0 Å². The van der Waals surface area contributed by atoms with Crippen molar-refractivity contribution in [2.75, 3.05) is 0 Å². The zero-order valence-corrected chi connectivity index (χ0v) is 27.8. The normalized spacial score (nSPS) is 11.4. The first-order chi connectivity index (χ1) is 24.6. The van der Waals surface area contributed by atoms with E-state index in [1.54, 1.807) is 6.07 Å². The first kappa shape index (κ1) is 29.7. The molecule has 0 radical (unpaired) electrons.